The number of benzene rings is 1. The number of rotatable bonds is 4. The van der Waals surface area contributed by atoms with Gasteiger partial charge in [0.15, 0.2) is 10.8 Å². The van der Waals surface area contributed by atoms with Gasteiger partial charge in [-0.25, -0.2) is 0 Å². The zero-order valence-corrected chi connectivity index (χ0v) is 14.1. The molecule has 5 nitrogen and oxygen atoms in total. The molecule has 1 aromatic carbocycles. The van der Waals surface area contributed by atoms with Crippen LogP contribution < -0.4 is 5.32 Å². The number of nitrogens with zero attached hydrogens (tertiary/aromatic N) is 3. The van der Waals surface area contributed by atoms with E-state index < -0.39 is 0 Å². The van der Waals surface area contributed by atoms with Crippen molar-refractivity contribution in [1.82, 2.24) is 14.6 Å². The highest BCUT2D eigenvalue weighted by Gasteiger charge is 2.17. The number of amides is 1. The number of hydrogen-bond acceptors (Lipinski definition) is 4. The van der Waals surface area contributed by atoms with Crippen LogP contribution in [0.5, 0.6) is 0 Å². The van der Waals surface area contributed by atoms with Crippen molar-refractivity contribution in [3.05, 3.63) is 53.1 Å². The predicted octanol–water partition coefficient (Wildman–Crippen LogP) is 3.61. The molecule has 1 N–H and O–H groups in total. The third-order valence-corrected chi connectivity index (χ3v) is 4.63. The maximum absolute atomic E-state index is 12.3. The Morgan fingerprint density at radius 2 is 2.00 bits per heavy atom. The van der Waals surface area contributed by atoms with Crippen LogP contribution in [0.3, 0.4) is 0 Å². The number of hydrogen-bond donors (Lipinski definition) is 1. The predicted molar refractivity (Wildman–Crippen MR) is 91.1 cm³/mol. The first-order chi connectivity index (χ1) is 10.6. The molecule has 0 spiro atoms. The quantitative estimate of drug-likeness (QED) is 0.706. The zero-order chi connectivity index (χ0) is 15.5. The van der Waals surface area contributed by atoms with Gasteiger partial charge in [-0.1, -0.05) is 33.8 Å². The van der Waals surface area contributed by atoms with Gasteiger partial charge >= 0.3 is 0 Å². The summed E-state index contributed by atoms with van der Waals surface area (Å²) in [6.07, 6.45) is 1.89. The lowest BCUT2D eigenvalue weighted by molar-refractivity contribution is -0.115. The summed E-state index contributed by atoms with van der Waals surface area (Å²) in [6, 6.07) is 13.2. The van der Waals surface area contributed by atoms with E-state index in [1.165, 1.54) is 11.8 Å². The summed E-state index contributed by atoms with van der Waals surface area (Å²) in [7, 11) is 0. The van der Waals surface area contributed by atoms with Crippen molar-refractivity contribution in [2.45, 2.75) is 17.3 Å². The number of thioether (sulfide) groups is 1. The van der Waals surface area contributed by atoms with Crippen molar-refractivity contribution in [2.75, 3.05) is 5.32 Å². The highest BCUT2D eigenvalue weighted by Crippen LogP contribution is 2.23. The van der Waals surface area contributed by atoms with Gasteiger partial charge in [0.2, 0.25) is 5.91 Å². The van der Waals surface area contributed by atoms with E-state index in [2.05, 4.69) is 31.4 Å². The number of carbonyl (C=O) groups excluding carboxylic acids is 1. The Morgan fingerprint density at radius 1 is 1.23 bits per heavy atom. The lowest BCUT2D eigenvalue weighted by atomic mass is 10.3. The molecule has 22 heavy (non-hydrogen) atoms. The third-order valence-electron chi connectivity index (χ3n) is 3.05. The number of aromatic nitrogens is 3. The maximum atomic E-state index is 12.3. The maximum Gasteiger partial charge on any atom is 0.237 e. The van der Waals surface area contributed by atoms with E-state index in [4.69, 9.17) is 0 Å². The number of pyridine rings is 1. The summed E-state index contributed by atoms with van der Waals surface area (Å²) in [6.45, 7) is 1.85. The lowest BCUT2D eigenvalue weighted by Gasteiger charge is -2.11. The Morgan fingerprint density at radius 3 is 2.77 bits per heavy atom. The SMILES string of the molecule is C[C@H](Sc1nnc2ccccn12)C(=O)Nc1ccc(Br)cc1. The van der Waals surface area contributed by atoms with Crippen LogP contribution in [-0.4, -0.2) is 25.8 Å². The average Bonchev–Trinajstić information content (AvgIpc) is 2.93. The van der Waals surface area contributed by atoms with Crippen molar-refractivity contribution >= 4 is 44.9 Å². The van der Waals surface area contributed by atoms with Gasteiger partial charge in [0, 0.05) is 16.4 Å². The first-order valence-corrected chi connectivity index (χ1v) is 8.33. The molecule has 0 unspecified atom stereocenters. The molecule has 0 aliphatic rings. The molecule has 0 bridgehead atoms. The third kappa shape index (κ3) is 3.31. The van der Waals surface area contributed by atoms with Crippen LogP contribution in [0.15, 0.2) is 58.3 Å². The normalized spacial score (nSPS) is 12.3. The fourth-order valence-corrected chi connectivity index (χ4v) is 2.99. The first-order valence-electron chi connectivity index (χ1n) is 6.66. The van der Waals surface area contributed by atoms with Gasteiger partial charge in [0.25, 0.3) is 0 Å². The van der Waals surface area contributed by atoms with Crippen molar-refractivity contribution in [3.8, 4) is 0 Å². The fraction of sp³-hybridized carbons (Fsp3) is 0.133. The Kier molecular flexibility index (Phi) is 4.44. The van der Waals surface area contributed by atoms with Crippen LogP contribution in [0, 0.1) is 0 Å². The van der Waals surface area contributed by atoms with Gasteiger partial charge < -0.3 is 5.32 Å². The van der Waals surface area contributed by atoms with E-state index in [-0.39, 0.29) is 11.2 Å². The van der Waals surface area contributed by atoms with Crippen molar-refractivity contribution in [3.63, 3.8) is 0 Å². The second-order valence-electron chi connectivity index (χ2n) is 4.67. The zero-order valence-electron chi connectivity index (χ0n) is 11.7. The van der Waals surface area contributed by atoms with E-state index in [0.29, 0.717) is 5.16 Å². The number of anilines is 1. The summed E-state index contributed by atoms with van der Waals surface area (Å²) < 4.78 is 2.84. The molecule has 7 heteroatoms. The monoisotopic (exact) mass is 376 g/mol. The average molecular weight is 377 g/mol. The summed E-state index contributed by atoms with van der Waals surface area (Å²) in [5.41, 5.74) is 1.54. The van der Waals surface area contributed by atoms with E-state index in [1.54, 1.807) is 0 Å². The second-order valence-corrected chi connectivity index (χ2v) is 6.89. The van der Waals surface area contributed by atoms with Crippen molar-refractivity contribution in [2.24, 2.45) is 0 Å². The molecule has 3 aromatic rings. The summed E-state index contributed by atoms with van der Waals surface area (Å²) >= 11 is 4.75. The van der Waals surface area contributed by atoms with E-state index in [0.717, 1.165) is 15.8 Å². The van der Waals surface area contributed by atoms with E-state index >= 15 is 0 Å². The molecule has 0 saturated heterocycles. The molecule has 0 aliphatic heterocycles. The molecule has 1 atom stereocenters. The molecule has 3 rings (SSSR count). The minimum atomic E-state index is -0.281. The molecule has 0 radical (unpaired) electrons. The van der Waals surface area contributed by atoms with Crippen LogP contribution in [0.25, 0.3) is 5.65 Å². The lowest BCUT2D eigenvalue weighted by Crippen LogP contribution is -2.22. The molecule has 0 aliphatic carbocycles. The number of fused-ring (bicyclic) bond motifs is 1. The van der Waals surface area contributed by atoms with Crippen LogP contribution >= 0.6 is 27.7 Å². The smallest absolute Gasteiger partial charge is 0.237 e. The molecule has 0 saturated carbocycles. The van der Waals surface area contributed by atoms with Gasteiger partial charge in [0.1, 0.15) is 0 Å². The number of halogens is 1. The largest absolute Gasteiger partial charge is 0.325 e. The minimum absolute atomic E-state index is 0.0694. The van der Waals surface area contributed by atoms with Crippen LogP contribution in [0.2, 0.25) is 0 Å². The summed E-state index contributed by atoms with van der Waals surface area (Å²) in [4.78, 5) is 12.3. The van der Waals surface area contributed by atoms with Crippen LogP contribution in [0.4, 0.5) is 5.69 Å². The summed E-state index contributed by atoms with van der Waals surface area (Å²) in [5, 5.41) is 11.5. The standard InChI is InChI=1S/C15H13BrN4OS/c1-10(14(21)17-12-7-5-11(16)6-8-12)22-15-19-18-13-4-2-3-9-20(13)15/h2-10H,1H3,(H,17,21)/t10-/m0/s1. The van der Waals surface area contributed by atoms with Crippen molar-refractivity contribution < 1.29 is 4.79 Å². The van der Waals surface area contributed by atoms with Crippen molar-refractivity contribution in [1.29, 1.82) is 0 Å². The molecular weight excluding hydrogens is 364 g/mol. The highest BCUT2D eigenvalue weighted by molar-refractivity contribution is 9.10. The highest BCUT2D eigenvalue weighted by atomic mass is 79.9. The fourth-order valence-electron chi connectivity index (χ4n) is 1.89. The van der Waals surface area contributed by atoms with Gasteiger partial charge in [-0.3, -0.25) is 9.20 Å². The Balaban J connectivity index is 1.69. The molecule has 1 amide bonds. The minimum Gasteiger partial charge on any atom is -0.325 e. The Labute approximate surface area is 140 Å². The molecule has 0 fully saturated rings. The van der Waals surface area contributed by atoms with Gasteiger partial charge in [0.05, 0.1) is 5.25 Å². The Hall–Kier alpha value is -1.86. The number of carbonyl (C=O) groups is 1. The van der Waals surface area contributed by atoms with Gasteiger partial charge in [-0.2, -0.15) is 0 Å². The first kappa shape index (κ1) is 15.1. The molecule has 112 valence electrons. The summed E-state index contributed by atoms with van der Waals surface area (Å²) in [5.74, 6) is -0.0694. The van der Waals surface area contributed by atoms with Gasteiger partial charge in [-0.05, 0) is 43.3 Å². The molecule has 2 heterocycles. The molecule has 2 aromatic heterocycles. The van der Waals surface area contributed by atoms with E-state index in [9.17, 15) is 4.79 Å². The van der Waals surface area contributed by atoms with Crippen LogP contribution in [0.1, 0.15) is 6.92 Å². The molecular formula is C15H13BrN4OS. The van der Waals surface area contributed by atoms with Crippen LogP contribution in [-0.2, 0) is 4.79 Å². The van der Waals surface area contributed by atoms with Gasteiger partial charge in [-0.15, -0.1) is 10.2 Å². The number of nitrogens with one attached hydrogen (secondary N) is 1. The second kappa shape index (κ2) is 6.50. The Bertz CT molecular complexity index is 803. The topological polar surface area (TPSA) is 59.3 Å². The van der Waals surface area contributed by atoms with E-state index in [1.807, 2.05) is 60.0 Å².